The van der Waals surface area contributed by atoms with Crippen molar-refractivity contribution in [2.75, 3.05) is 11.1 Å². The van der Waals surface area contributed by atoms with Gasteiger partial charge in [0.15, 0.2) is 0 Å². The summed E-state index contributed by atoms with van der Waals surface area (Å²) in [6.45, 7) is 0.386. The highest BCUT2D eigenvalue weighted by molar-refractivity contribution is 8.00. The Morgan fingerprint density at radius 1 is 1.45 bits per heavy atom. The highest BCUT2D eigenvalue weighted by Crippen LogP contribution is 2.31. The number of anilines is 1. The summed E-state index contributed by atoms with van der Waals surface area (Å²) in [5, 5.41) is 5.56. The van der Waals surface area contributed by atoms with Crippen LogP contribution in [0.2, 0.25) is 0 Å². The number of H-pyrrole nitrogens is 1. The number of hydrogen-bond donors (Lipinski definition) is 3. The molecular weight excluding hydrogens is 276 g/mol. The normalized spacial score (nSPS) is 13.5. The van der Waals surface area contributed by atoms with Gasteiger partial charge in [-0.2, -0.15) is 0 Å². The second-order valence-electron chi connectivity index (χ2n) is 4.31. The number of amides is 2. The smallest absolute Gasteiger partial charge is 0.251 e. The molecule has 0 unspecified atom stereocenters. The number of rotatable bonds is 3. The average Bonchev–Trinajstić information content (AvgIpc) is 2.97. The predicted molar refractivity (Wildman–Crippen MR) is 75.6 cm³/mol. The Morgan fingerprint density at radius 2 is 2.35 bits per heavy atom. The Balaban J connectivity index is 1.72. The maximum atomic E-state index is 12.0. The van der Waals surface area contributed by atoms with Gasteiger partial charge in [0, 0.05) is 16.7 Å². The van der Waals surface area contributed by atoms with Gasteiger partial charge in [0.1, 0.15) is 0 Å². The predicted octanol–water partition coefficient (Wildman–Crippen LogP) is 1.38. The van der Waals surface area contributed by atoms with Crippen molar-refractivity contribution in [1.29, 1.82) is 0 Å². The first-order valence-electron chi connectivity index (χ1n) is 6.04. The second kappa shape index (κ2) is 5.38. The van der Waals surface area contributed by atoms with Crippen molar-refractivity contribution < 1.29 is 9.59 Å². The molecule has 0 saturated carbocycles. The molecule has 7 heteroatoms. The van der Waals surface area contributed by atoms with E-state index in [4.69, 9.17) is 0 Å². The minimum Gasteiger partial charge on any atom is -0.347 e. The van der Waals surface area contributed by atoms with Gasteiger partial charge < -0.3 is 15.6 Å². The number of fused-ring (bicyclic) bond motifs is 1. The van der Waals surface area contributed by atoms with Crippen molar-refractivity contribution in [2.24, 2.45) is 0 Å². The van der Waals surface area contributed by atoms with E-state index in [1.165, 1.54) is 11.8 Å². The molecule has 0 atom stereocenters. The molecule has 3 N–H and O–H groups in total. The van der Waals surface area contributed by atoms with Crippen LogP contribution in [0.1, 0.15) is 16.1 Å². The summed E-state index contributed by atoms with van der Waals surface area (Å²) in [5.74, 6) is 0.183. The molecule has 0 bridgehead atoms. The van der Waals surface area contributed by atoms with Crippen molar-refractivity contribution in [3.63, 3.8) is 0 Å². The standard InChI is InChI=1S/C13H12N4O2S/c18-12-6-20-11-2-1-8(3-10(11)17-12)13(19)15-5-9-4-14-7-16-9/h1-4,7H,5-6H2,(H,14,16)(H,15,19)(H,17,18). The second-order valence-corrected chi connectivity index (χ2v) is 5.32. The van der Waals surface area contributed by atoms with Crippen LogP contribution in [0.25, 0.3) is 0 Å². The van der Waals surface area contributed by atoms with E-state index in [9.17, 15) is 9.59 Å². The van der Waals surface area contributed by atoms with Crippen molar-refractivity contribution in [2.45, 2.75) is 11.4 Å². The molecule has 1 aliphatic heterocycles. The SMILES string of the molecule is O=C1CSc2ccc(C(=O)NCc3cnc[nH]3)cc2N1. The van der Waals surface area contributed by atoms with Crippen LogP contribution in [-0.2, 0) is 11.3 Å². The summed E-state index contributed by atoms with van der Waals surface area (Å²) < 4.78 is 0. The summed E-state index contributed by atoms with van der Waals surface area (Å²) in [7, 11) is 0. The van der Waals surface area contributed by atoms with Crippen molar-refractivity contribution >= 4 is 29.3 Å². The number of nitrogens with one attached hydrogen (secondary N) is 3. The van der Waals surface area contributed by atoms with Gasteiger partial charge in [-0.25, -0.2) is 4.98 Å². The summed E-state index contributed by atoms with van der Waals surface area (Å²) in [5.41, 5.74) is 2.05. The van der Waals surface area contributed by atoms with E-state index in [1.54, 1.807) is 24.7 Å². The number of carbonyl (C=O) groups is 2. The van der Waals surface area contributed by atoms with Crippen LogP contribution < -0.4 is 10.6 Å². The van der Waals surface area contributed by atoms with E-state index in [1.807, 2.05) is 6.07 Å². The average molecular weight is 288 g/mol. The van der Waals surface area contributed by atoms with Gasteiger partial charge >= 0.3 is 0 Å². The zero-order chi connectivity index (χ0) is 13.9. The number of thioether (sulfide) groups is 1. The van der Waals surface area contributed by atoms with E-state index in [-0.39, 0.29) is 11.8 Å². The first kappa shape index (κ1) is 12.7. The minimum atomic E-state index is -0.188. The third kappa shape index (κ3) is 2.67. The van der Waals surface area contributed by atoms with Gasteiger partial charge in [0.2, 0.25) is 5.91 Å². The van der Waals surface area contributed by atoms with E-state index < -0.39 is 0 Å². The van der Waals surface area contributed by atoms with E-state index in [0.29, 0.717) is 23.5 Å². The van der Waals surface area contributed by atoms with Gasteiger partial charge in [-0.3, -0.25) is 9.59 Å². The molecule has 0 saturated heterocycles. The molecule has 1 aromatic carbocycles. The number of imidazole rings is 1. The molecule has 0 aliphatic carbocycles. The Morgan fingerprint density at radius 3 is 3.15 bits per heavy atom. The number of hydrogen-bond acceptors (Lipinski definition) is 4. The molecule has 2 aromatic rings. The quantitative estimate of drug-likeness (QED) is 0.796. The first-order chi connectivity index (χ1) is 9.72. The zero-order valence-corrected chi connectivity index (χ0v) is 11.3. The molecule has 1 aromatic heterocycles. The molecule has 0 radical (unpaired) electrons. The van der Waals surface area contributed by atoms with Gasteiger partial charge in [-0.15, -0.1) is 11.8 Å². The highest BCUT2D eigenvalue weighted by atomic mass is 32.2. The topological polar surface area (TPSA) is 86.9 Å². The van der Waals surface area contributed by atoms with Crippen molar-refractivity contribution in [3.05, 3.63) is 42.0 Å². The summed E-state index contributed by atoms with van der Waals surface area (Å²) in [4.78, 5) is 31.2. The fourth-order valence-corrected chi connectivity index (χ4v) is 2.67. The molecule has 1 aliphatic rings. The lowest BCUT2D eigenvalue weighted by Crippen LogP contribution is -2.24. The largest absolute Gasteiger partial charge is 0.347 e. The lowest BCUT2D eigenvalue weighted by atomic mass is 10.2. The number of nitrogens with zero attached hydrogens (tertiary/aromatic N) is 1. The number of aromatic amines is 1. The molecule has 6 nitrogen and oxygen atoms in total. The summed E-state index contributed by atoms with van der Waals surface area (Å²) >= 11 is 1.47. The Labute approximate surface area is 119 Å². The first-order valence-corrected chi connectivity index (χ1v) is 7.03. The van der Waals surface area contributed by atoms with Crippen LogP contribution in [0.5, 0.6) is 0 Å². The van der Waals surface area contributed by atoms with E-state index in [0.717, 1.165) is 10.6 Å². The molecule has 2 amide bonds. The summed E-state index contributed by atoms with van der Waals surface area (Å²) in [6.07, 6.45) is 3.22. The van der Waals surface area contributed by atoms with Gasteiger partial charge in [-0.1, -0.05) is 0 Å². The van der Waals surface area contributed by atoms with Crippen molar-refractivity contribution in [1.82, 2.24) is 15.3 Å². The monoisotopic (exact) mass is 288 g/mol. The number of benzene rings is 1. The van der Waals surface area contributed by atoms with E-state index >= 15 is 0 Å². The fraction of sp³-hybridized carbons (Fsp3) is 0.154. The van der Waals surface area contributed by atoms with Gasteiger partial charge in [0.25, 0.3) is 5.91 Å². The lowest BCUT2D eigenvalue weighted by molar-refractivity contribution is -0.113. The van der Waals surface area contributed by atoms with Crippen LogP contribution in [0, 0.1) is 0 Å². The third-order valence-corrected chi connectivity index (χ3v) is 3.94. The molecule has 2 heterocycles. The Hall–Kier alpha value is -2.28. The molecular formula is C13H12N4O2S. The lowest BCUT2D eigenvalue weighted by Gasteiger charge is -2.16. The Kier molecular flexibility index (Phi) is 3.42. The van der Waals surface area contributed by atoms with Gasteiger partial charge in [0.05, 0.1) is 30.0 Å². The third-order valence-electron chi connectivity index (χ3n) is 2.87. The number of aromatic nitrogens is 2. The maximum absolute atomic E-state index is 12.0. The van der Waals surface area contributed by atoms with Crippen molar-refractivity contribution in [3.8, 4) is 0 Å². The van der Waals surface area contributed by atoms with Crippen LogP contribution in [0.4, 0.5) is 5.69 Å². The van der Waals surface area contributed by atoms with Gasteiger partial charge in [-0.05, 0) is 18.2 Å². The number of carbonyl (C=O) groups excluding carboxylic acids is 2. The van der Waals surface area contributed by atoms with Crippen LogP contribution in [-0.4, -0.2) is 27.5 Å². The highest BCUT2D eigenvalue weighted by Gasteiger charge is 2.17. The van der Waals surface area contributed by atoms with Crippen LogP contribution in [0.15, 0.2) is 35.6 Å². The van der Waals surface area contributed by atoms with Crippen LogP contribution >= 0.6 is 11.8 Å². The molecule has 0 spiro atoms. The van der Waals surface area contributed by atoms with Crippen LogP contribution in [0.3, 0.4) is 0 Å². The molecule has 3 rings (SSSR count). The van der Waals surface area contributed by atoms with E-state index in [2.05, 4.69) is 20.6 Å². The maximum Gasteiger partial charge on any atom is 0.251 e. The molecule has 0 fully saturated rings. The zero-order valence-electron chi connectivity index (χ0n) is 10.5. The molecule has 102 valence electrons. The Bertz CT molecular complexity index is 654. The fourth-order valence-electron chi connectivity index (χ4n) is 1.88. The minimum absolute atomic E-state index is 0.0440. The summed E-state index contributed by atoms with van der Waals surface area (Å²) in [6, 6.07) is 5.30. The molecule has 20 heavy (non-hydrogen) atoms.